The van der Waals surface area contributed by atoms with Crippen molar-refractivity contribution in [1.82, 2.24) is 10.2 Å². The predicted octanol–water partition coefficient (Wildman–Crippen LogP) is 1.67. The Hall–Kier alpha value is -2.12. The zero-order valence-corrected chi connectivity index (χ0v) is 15.9. The van der Waals surface area contributed by atoms with Crippen molar-refractivity contribution in [3.63, 3.8) is 0 Å². The lowest BCUT2D eigenvalue weighted by molar-refractivity contribution is -0.0372. The molecule has 4 atom stereocenters. The fraction of sp³-hybridized carbons (Fsp3) is 0.600. The number of hydrogen-bond acceptors (Lipinski definition) is 4. The summed E-state index contributed by atoms with van der Waals surface area (Å²) in [7, 11) is 0. The Morgan fingerprint density at radius 2 is 1.78 bits per heavy atom. The van der Waals surface area contributed by atoms with E-state index in [1.165, 1.54) is 0 Å². The van der Waals surface area contributed by atoms with Crippen LogP contribution >= 0.6 is 0 Å². The molecule has 7 heteroatoms. The molecule has 1 saturated carbocycles. The van der Waals surface area contributed by atoms with E-state index in [0.717, 1.165) is 0 Å². The Kier molecular flexibility index (Phi) is 6.01. The number of carbonyl (C=O) groups is 2. The number of carbonyl (C=O) groups excluding carboxylic acids is 2. The van der Waals surface area contributed by atoms with Crippen LogP contribution in [0.5, 0.6) is 0 Å². The van der Waals surface area contributed by atoms with Gasteiger partial charge in [0.25, 0.3) is 5.91 Å². The highest BCUT2D eigenvalue weighted by Crippen LogP contribution is 2.36. The number of fused-ring (bicyclic) bond motifs is 1. The van der Waals surface area contributed by atoms with Crippen LogP contribution < -0.4 is 10.6 Å². The van der Waals surface area contributed by atoms with Crippen LogP contribution in [0.1, 0.15) is 37.0 Å². The molecule has 1 heterocycles. The normalized spacial score (nSPS) is 27.4. The monoisotopic (exact) mass is 375 g/mol. The van der Waals surface area contributed by atoms with Crippen LogP contribution in [0.3, 0.4) is 0 Å². The molecule has 0 bridgehead atoms. The number of benzene rings is 1. The third kappa shape index (κ3) is 4.78. The smallest absolute Gasteiger partial charge is 0.321 e. The van der Waals surface area contributed by atoms with Crippen molar-refractivity contribution in [2.24, 2.45) is 17.8 Å². The molecule has 0 spiro atoms. The second kappa shape index (κ2) is 8.27. The van der Waals surface area contributed by atoms with Crippen LogP contribution in [0.2, 0.25) is 0 Å². The third-order valence-electron chi connectivity index (χ3n) is 5.44. The van der Waals surface area contributed by atoms with Crippen LogP contribution in [0.4, 0.5) is 10.5 Å². The van der Waals surface area contributed by atoms with Gasteiger partial charge in [-0.1, -0.05) is 19.9 Å². The highest BCUT2D eigenvalue weighted by atomic mass is 16.3. The maximum Gasteiger partial charge on any atom is 0.321 e. The molecule has 3 rings (SSSR count). The maximum atomic E-state index is 12.6. The average Bonchev–Trinajstić information content (AvgIpc) is 3.03. The third-order valence-corrected chi connectivity index (χ3v) is 5.44. The first kappa shape index (κ1) is 19.6. The van der Waals surface area contributed by atoms with Crippen LogP contribution in [-0.4, -0.2) is 58.9 Å². The van der Waals surface area contributed by atoms with Gasteiger partial charge in [0.05, 0.1) is 12.2 Å². The highest BCUT2D eigenvalue weighted by Gasteiger charge is 2.42. The SMILES string of the molecule is CC(C)CNC(=O)c1cccc(NC(=O)N2C[C@H]3C[C@H](O)[C@@H](O)C[C@H]3C2)c1. The molecule has 0 unspecified atom stereocenters. The molecule has 148 valence electrons. The molecular formula is C20H29N3O4. The van der Waals surface area contributed by atoms with Crippen molar-refractivity contribution in [3.05, 3.63) is 29.8 Å². The molecule has 2 aliphatic rings. The number of nitrogens with zero attached hydrogens (tertiary/aromatic N) is 1. The van der Waals surface area contributed by atoms with Gasteiger partial charge in [-0.2, -0.15) is 0 Å². The number of urea groups is 1. The number of aliphatic hydroxyl groups excluding tert-OH is 2. The van der Waals surface area contributed by atoms with Gasteiger partial charge in [0.2, 0.25) is 0 Å². The molecule has 7 nitrogen and oxygen atoms in total. The first-order valence-corrected chi connectivity index (χ1v) is 9.63. The van der Waals surface area contributed by atoms with Crippen LogP contribution in [0.15, 0.2) is 24.3 Å². The minimum Gasteiger partial charge on any atom is -0.390 e. The first-order valence-electron chi connectivity index (χ1n) is 9.63. The van der Waals surface area contributed by atoms with Gasteiger partial charge in [0, 0.05) is 30.9 Å². The minimum absolute atomic E-state index is 0.157. The summed E-state index contributed by atoms with van der Waals surface area (Å²) in [5, 5.41) is 25.4. The zero-order valence-electron chi connectivity index (χ0n) is 15.9. The lowest BCUT2D eigenvalue weighted by Crippen LogP contribution is -2.38. The van der Waals surface area contributed by atoms with Gasteiger partial charge in [0.15, 0.2) is 0 Å². The van der Waals surface area contributed by atoms with Crippen molar-refractivity contribution in [2.75, 3.05) is 25.0 Å². The number of amides is 3. The molecule has 0 radical (unpaired) electrons. The topological polar surface area (TPSA) is 102 Å². The highest BCUT2D eigenvalue weighted by molar-refractivity contribution is 5.96. The van der Waals surface area contributed by atoms with Crippen molar-refractivity contribution in [3.8, 4) is 0 Å². The van der Waals surface area contributed by atoms with E-state index in [9.17, 15) is 19.8 Å². The number of anilines is 1. The number of likely N-dealkylation sites (tertiary alicyclic amines) is 1. The van der Waals surface area contributed by atoms with Crippen LogP contribution in [0, 0.1) is 17.8 Å². The molecule has 1 aliphatic carbocycles. The van der Waals surface area contributed by atoms with E-state index in [0.29, 0.717) is 49.6 Å². The summed E-state index contributed by atoms with van der Waals surface area (Å²) in [6.45, 7) is 5.82. The van der Waals surface area contributed by atoms with Crippen LogP contribution in [0.25, 0.3) is 0 Å². The molecule has 1 aliphatic heterocycles. The molecule has 4 N–H and O–H groups in total. The van der Waals surface area contributed by atoms with Gasteiger partial charge in [-0.3, -0.25) is 4.79 Å². The van der Waals surface area contributed by atoms with Gasteiger partial charge in [-0.25, -0.2) is 4.79 Å². The Labute approximate surface area is 159 Å². The minimum atomic E-state index is -0.699. The number of hydrogen-bond donors (Lipinski definition) is 4. The Bertz CT molecular complexity index is 676. The Morgan fingerprint density at radius 3 is 2.37 bits per heavy atom. The van der Waals surface area contributed by atoms with Gasteiger partial charge >= 0.3 is 6.03 Å². The first-order chi connectivity index (χ1) is 12.8. The summed E-state index contributed by atoms with van der Waals surface area (Å²) in [5.74, 6) is 0.659. The summed E-state index contributed by atoms with van der Waals surface area (Å²) in [5.41, 5.74) is 1.09. The molecular weight excluding hydrogens is 346 g/mol. The van der Waals surface area contributed by atoms with Crippen molar-refractivity contribution in [2.45, 2.75) is 38.9 Å². The molecule has 27 heavy (non-hydrogen) atoms. The fourth-order valence-corrected chi connectivity index (χ4v) is 3.91. The lowest BCUT2D eigenvalue weighted by Gasteiger charge is -2.31. The quantitative estimate of drug-likeness (QED) is 0.643. The zero-order chi connectivity index (χ0) is 19.6. The number of aliphatic hydroxyl groups is 2. The number of rotatable bonds is 4. The average molecular weight is 375 g/mol. The van der Waals surface area contributed by atoms with Gasteiger partial charge in [-0.05, 0) is 48.8 Å². The van der Waals surface area contributed by atoms with E-state index in [-0.39, 0.29) is 23.8 Å². The van der Waals surface area contributed by atoms with Crippen LogP contribution in [-0.2, 0) is 0 Å². The van der Waals surface area contributed by atoms with Crippen molar-refractivity contribution < 1.29 is 19.8 Å². The summed E-state index contributed by atoms with van der Waals surface area (Å²) in [4.78, 5) is 26.5. The molecule has 0 aromatic heterocycles. The van der Waals surface area contributed by atoms with Gasteiger partial charge in [0.1, 0.15) is 0 Å². The van der Waals surface area contributed by atoms with E-state index in [4.69, 9.17) is 0 Å². The van der Waals surface area contributed by atoms with E-state index < -0.39 is 12.2 Å². The standard InChI is InChI=1S/C20H29N3O4/c1-12(2)9-21-19(26)13-4-3-5-16(6-13)22-20(27)23-10-14-7-17(24)18(25)8-15(14)11-23/h3-6,12,14-15,17-18,24-25H,7-11H2,1-2H3,(H,21,26)(H,22,27)/t14-,15+,17-,18-/m0/s1. The Morgan fingerprint density at radius 1 is 1.15 bits per heavy atom. The van der Waals surface area contributed by atoms with Crippen molar-refractivity contribution >= 4 is 17.6 Å². The maximum absolute atomic E-state index is 12.6. The van der Waals surface area contributed by atoms with E-state index in [1.54, 1.807) is 29.2 Å². The fourth-order valence-electron chi connectivity index (χ4n) is 3.91. The summed E-state index contributed by atoms with van der Waals surface area (Å²) in [6.07, 6.45) is -0.340. The molecule has 2 fully saturated rings. The molecule has 1 saturated heterocycles. The Balaban J connectivity index is 1.58. The second-order valence-corrected chi connectivity index (χ2v) is 8.15. The second-order valence-electron chi connectivity index (χ2n) is 8.15. The largest absolute Gasteiger partial charge is 0.390 e. The summed E-state index contributed by atoms with van der Waals surface area (Å²) < 4.78 is 0. The summed E-state index contributed by atoms with van der Waals surface area (Å²) in [6, 6.07) is 6.68. The van der Waals surface area contributed by atoms with Crippen molar-refractivity contribution in [1.29, 1.82) is 0 Å². The van der Waals surface area contributed by atoms with Gasteiger partial charge in [-0.15, -0.1) is 0 Å². The molecule has 3 amide bonds. The van der Waals surface area contributed by atoms with E-state index in [1.807, 2.05) is 13.8 Å². The summed E-state index contributed by atoms with van der Waals surface area (Å²) >= 11 is 0. The van der Waals surface area contributed by atoms with E-state index >= 15 is 0 Å². The van der Waals surface area contributed by atoms with Gasteiger partial charge < -0.3 is 25.7 Å². The predicted molar refractivity (Wildman–Crippen MR) is 102 cm³/mol. The molecule has 1 aromatic rings. The molecule has 1 aromatic carbocycles. The number of nitrogens with one attached hydrogen (secondary N) is 2. The lowest BCUT2D eigenvalue weighted by atomic mass is 9.79. The van der Waals surface area contributed by atoms with E-state index in [2.05, 4.69) is 10.6 Å².